The lowest BCUT2D eigenvalue weighted by Gasteiger charge is -2.12. The number of aromatic nitrogens is 2. The second-order valence-corrected chi connectivity index (χ2v) is 6.89. The van der Waals surface area contributed by atoms with Gasteiger partial charge in [-0.05, 0) is 49.2 Å². The molecule has 0 atom stereocenters. The number of carbonyl (C=O) groups is 1. The fourth-order valence-corrected chi connectivity index (χ4v) is 3.12. The van der Waals surface area contributed by atoms with Gasteiger partial charge in [-0.25, -0.2) is 9.97 Å². The van der Waals surface area contributed by atoms with Crippen LogP contribution < -0.4 is 24.8 Å². The summed E-state index contributed by atoms with van der Waals surface area (Å²) in [6.07, 6.45) is 1.52. The molecule has 1 aliphatic rings. The smallest absolute Gasteiger partial charge is 0.259 e. The van der Waals surface area contributed by atoms with Gasteiger partial charge in [0.15, 0.2) is 11.5 Å². The van der Waals surface area contributed by atoms with Crippen molar-refractivity contribution >= 4 is 17.5 Å². The summed E-state index contributed by atoms with van der Waals surface area (Å²) >= 11 is 0. The Labute approximate surface area is 174 Å². The van der Waals surface area contributed by atoms with E-state index in [-0.39, 0.29) is 12.7 Å². The van der Waals surface area contributed by atoms with Crippen LogP contribution in [0.25, 0.3) is 0 Å². The number of fused-ring (bicyclic) bond motifs is 1. The summed E-state index contributed by atoms with van der Waals surface area (Å²) in [6, 6.07) is 11.3. The molecule has 0 fully saturated rings. The first-order chi connectivity index (χ1) is 14.5. The van der Waals surface area contributed by atoms with Gasteiger partial charge in [0, 0.05) is 12.7 Å². The average molecular weight is 406 g/mol. The predicted octanol–water partition coefficient (Wildman–Crippen LogP) is 3.70. The number of amides is 1. The van der Waals surface area contributed by atoms with E-state index in [1.165, 1.54) is 6.20 Å². The van der Waals surface area contributed by atoms with Gasteiger partial charge in [0.25, 0.3) is 5.91 Å². The van der Waals surface area contributed by atoms with E-state index in [4.69, 9.17) is 14.2 Å². The molecule has 1 aromatic heterocycles. The highest BCUT2D eigenvalue weighted by Gasteiger charge is 2.15. The maximum absolute atomic E-state index is 12.7. The van der Waals surface area contributed by atoms with Crippen LogP contribution in [0.2, 0.25) is 0 Å². The van der Waals surface area contributed by atoms with Crippen molar-refractivity contribution in [2.24, 2.45) is 0 Å². The molecule has 1 amide bonds. The van der Waals surface area contributed by atoms with Crippen molar-refractivity contribution < 1.29 is 19.0 Å². The van der Waals surface area contributed by atoms with E-state index in [0.29, 0.717) is 35.2 Å². The van der Waals surface area contributed by atoms with Crippen LogP contribution in [-0.4, -0.2) is 29.8 Å². The van der Waals surface area contributed by atoms with Crippen LogP contribution in [0.5, 0.6) is 17.2 Å². The van der Waals surface area contributed by atoms with Gasteiger partial charge in [-0.15, -0.1) is 0 Å². The van der Waals surface area contributed by atoms with Gasteiger partial charge in [0.05, 0.1) is 24.1 Å². The number of rotatable bonds is 6. The summed E-state index contributed by atoms with van der Waals surface area (Å²) in [5.41, 5.74) is 3.59. The first-order valence-electron chi connectivity index (χ1n) is 9.45. The summed E-state index contributed by atoms with van der Waals surface area (Å²) in [5.74, 6) is 2.21. The number of carbonyl (C=O) groups excluding carboxylic acids is 1. The largest absolute Gasteiger partial charge is 0.495 e. The van der Waals surface area contributed by atoms with Crippen LogP contribution in [0, 0.1) is 13.8 Å². The minimum Gasteiger partial charge on any atom is -0.495 e. The van der Waals surface area contributed by atoms with E-state index in [0.717, 1.165) is 22.6 Å². The molecule has 0 aliphatic carbocycles. The zero-order valence-corrected chi connectivity index (χ0v) is 17.0. The number of benzene rings is 2. The third-order valence-corrected chi connectivity index (χ3v) is 4.71. The Morgan fingerprint density at radius 1 is 1.13 bits per heavy atom. The number of nitrogens with one attached hydrogen (secondary N) is 2. The third-order valence-electron chi connectivity index (χ3n) is 4.71. The molecule has 0 bridgehead atoms. The van der Waals surface area contributed by atoms with E-state index in [1.54, 1.807) is 14.0 Å². The summed E-state index contributed by atoms with van der Waals surface area (Å²) < 4.78 is 16.0. The molecule has 8 heteroatoms. The van der Waals surface area contributed by atoms with Crippen molar-refractivity contribution in [2.75, 3.05) is 24.5 Å². The number of anilines is 2. The summed E-state index contributed by atoms with van der Waals surface area (Å²) in [7, 11) is 1.56. The Kier molecular flexibility index (Phi) is 5.38. The Bertz CT molecular complexity index is 1100. The van der Waals surface area contributed by atoms with E-state index < -0.39 is 0 Å². The standard InChI is InChI=1S/C22H22N4O4/c1-13-4-6-18(28-3)17(8-13)26-21(27)16-11-24-22(25-14(16)2)23-10-15-5-7-19-20(9-15)30-12-29-19/h4-9,11H,10,12H2,1-3H3,(H,26,27)(H,23,24,25). The van der Waals surface area contributed by atoms with Gasteiger partial charge in [0.1, 0.15) is 5.75 Å². The van der Waals surface area contributed by atoms with Crippen LogP contribution in [0.4, 0.5) is 11.6 Å². The van der Waals surface area contributed by atoms with Gasteiger partial charge in [-0.2, -0.15) is 0 Å². The lowest BCUT2D eigenvalue weighted by atomic mass is 10.2. The second kappa shape index (κ2) is 8.28. The molecule has 8 nitrogen and oxygen atoms in total. The molecule has 0 radical (unpaired) electrons. The van der Waals surface area contributed by atoms with Crippen molar-refractivity contribution in [3.63, 3.8) is 0 Å². The number of ether oxygens (including phenoxy) is 3. The number of methoxy groups -OCH3 is 1. The highest BCUT2D eigenvalue weighted by Crippen LogP contribution is 2.32. The Hall–Kier alpha value is -3.81. The van der Waals surface area contributed by atoms with Gasteiger partial charge in [-0.1, -0.05) is 12.1 Å². The van der Waals surface area contributed by atoms with Crippen LogP contribution in [0.15, 0.2) is 42.6 Å². The SMILES string of the molecule is COc1ccc(C)cc1NC(=O)c1cnc(NCc2ccc3c(c2)OCO3)nc1C. The molecule has 4 rings (SSSR count). The number of aryl methyl sites for hydroxylation is 2. The molecule has 0 saturated carbocycles. The van der Waals surface area contributed by atoms with Crippen molar-refractivity contribution in [3.05, 3.63) is 65.0 Å². The summed E-state index contributed by atoms with van der Waals surface area (Å²) in [6.45, 7) is 4.48. The van der Waals surface area contributed by atoms with Crippen LogP contribution in [-0.2, 0) is 6.54 Å². The van der Waals surface area contributed by atoms with Gasteiger partial charge >= 0.3 is 0 Å². The van der Waals surface area contributed by atoms with E-state index in [1.807, 2.05) is 43.3 Å². The van der Waals surface area contributed by atoms with E-state index >= 15 is 0 Å². The summed E-state index contributed by atoms with van der Waals surface area (Å²) in [5, 5.41) is 6.03. The number of nitrogens with zero attached hydrogens (tertiary/aromatic N) is 2. The van der Waals surface area contributed by atoms with Gasteiger partial charge < -0.3 is 24.8 Å². The molecule has 2 heterocycles. The fourth-order valence-electron chi connectivity index (χ4n) is 3.12. The Balaban J connectivity index is 1.44. The van der Waals surface area contributed by atoms with Gasteiger partial charge in [0.2, 0.25) is 12.7 Å². The molecule has 0 spiro atoms. The third kappa shape index (κ3) is 4.12. The topological polar surface area (TPSA) is 94.6 Å². The molecular weight excluding hydrogens is 384 g/mol. The highest BCUT2D eigenvalue weighted by molar-refractivity contribution is 6.05. The number of hydrogen-bond acceptors (Lipinski definition) is 7. The molecular formula is C22H22N4O4. The average Bonchev–Trinajstić information content (AvgIpc) is 3.20. The zero-order valence-electron chi connectivity index (χ0n) is 17.0. The number of hydrogen-bond donors (Lipinski definition) is 2. The van der Waals surface area contributed by atoms with Gasteiger partial charge in [-0.3, -0.25) is 4.79 Å². The minimum atomic E-state index is -0.293. The maximum Gasteiger partial charge on any atom is 0.259 e. The molecule has 0 saturated heterocycles. The maximum atomic E-state index is 12.7. The van der Waals surface area contributed by atoms with Crippen molar-refractivity contribution in [2.45, 2.75) is 20.4 Å². The van der Waals surface area contributed by atoms with Crippen LogP contribution in [0.1, 0.15) is 27.2 Å². The fraction of sp³-hybridized carbons (Fsp3) is 0.227. The molecule has 2 aromatic carbocycles. The lowest BCUT2D eigenvalue weighted by Crippen LogP contribution is -2.16. The monoisotopic (exact) mass is 406 g/mol. The molecule has 2 N–H and O–H groups in total. The summed E-state index contributed by atoms with van der Waals surface area (Å²) in [4.78, 5) is 21.4. The normalized spacial score (nSPS) is 11.8. The van der Waals surface area contributed by atoms with Crippen molar-refractivity contribution in [1.29, 1.82) is 0 Å². The van der Waals surface area contributed by atoms with Crippen molar-refractivity contribution in [3.8, 4) is 17.2 Å². The highest BCUT2D eigenvalue weighted by atomic mass is 16.7. The zero-order chi connectivity index (χ0) is 21.1. The predicted molar refractivity (Wildman–Crippen MR) is 112 cm³/mol. The minimum absolute atomic E-state index is 0.243. The Morgan fingerprint density at radius 2 is 1.97 bits per heavy atom. The van der Waals surface area contributed by atoms with E-state index in [2.05, 4.69) is 20.6 Å². The lowest BCUT2D eigenvalue weighted by molar-refractivity contribution is 0.102. The quantitative estimate of drug-likeness (QED) is 0.645. The Morgan fingerprint density at radius 3 is 2.77 bits per heavy atom. The van der Waals surface area contributed by atoms with Crippen LogP contribution in [0.3, 0.4) is 0 Å². The first kappa shape index (κ1) is 19.5. The second-order valence-electron chi connectivity index (χ2n) is 6.89. The molecule has 154 valence electrons. The molecule has 1 aliphatic heterocycles. The van der Waals surface area contributed by atoms with E-state index in [9.17, 15) is 4.79 Å². The molecule has 30 heavy (non-hydrogen) atoms. The molecule has 0 unspecified atom stereocenters. The first-order valence-corrected chi connectivity index (χ1v) is 9.45. The molecule has 3 aromatic rings. The van der Waals surface area contributed by atoms with Crippen molar-refractivity contribution in [1.82, 2.24) is 9.97 Å². The van der Waals surface area contributed by atoms with Crippen LogP contribution >= 0.6 is 0 Å².